The van der Waals surface area contributed by atoms with Gasteiger partial charge >= 0.3 is 0 Å². The minimum atomic E-state index is -3.91. The van der Waals surface area contributed by atoms with E-state index in [9.17, 15) is 13.2 Å². The minimum Gasteiger partial charge on any atom is -0.495 e. The lowest BCUT2D eigenvalue weighted by atomic mass is 10.2. The molecule has 2 N–H and O–H groups in total. The zero-order valence-corrected chi connectivity index (χ0v) is 19.6. The third kappa shape index (κ3) is 5.17. The zero-order valence-electron chi connectivity index (χ0n) is 17.2. The second kappa shape index (κ2) is 9.48. The van der Waals surface area contributed by atoms with Crippen molar-refractivity contribution < 1.29 is 27.4 Å². The van der Waals surface area contributed by atoms with Gasteiger partial charge in [0.2, 0.25) is 16.8 Å². The number of fused-ring (bicyclic) bond motifs is 1. The predicted octanol–water partition coefficient (Wildman–Crippen LogP) is 4.46. The van der Waals surface area contributed by atoms with Crippen LogP contribution in [0.4, 0.5) is 5.69 Å². The van der Waals surface area contributed by atoms with Crippen molar-refractivity contribution in [2.75, 3.05) is 19.2 Å². The molecule has 0 fully saturated rings. The number of hydrogen-bond acceptors (Lipinski definition) is 6. The minimum absolute atomic E-state index is 0.0348. The van der Waals surface area contributed by atoms with Gasteiger partial charge in [-0.05, 0) is 54.1 Å². The van der Waals surface area contributed by atoms with Gasteiger partial charge in [0.05, 0.1) is 28.3 Å². The summed E-state index contributed by atoms with van der Waals surface area (Å²) in [4.78, 5) is 12.6. The van der Waals surface area contributed by atoms with Gasteiger partial charge < -0.3 is 19.5 Å². The van der Waals surface area contributed by atoms with Gasteiger partial charge in [-0.25, -0.2) is 13.1 Å². The fourth-order valence-corrected chi connectivity index (χ4v) is 4.67. The smallest absolute Gasteiger partial charge is 0.257 e. The van der Waals surface area contributed by atoms with Crippen LogP contribution in [0.1, 0.15) is 15.9 Å². The molecule has 0 bridgehead atoms. The summed E-state index contributed by atoms with van der Waals surface area (Å²) in [5, 5.41) is 3.18. The molecule has 0 saturated carbocycles. The lowest BCUT2D eigenvalue weighted by Gasteiger charge is -2.14. The molecule has 0 saturated heterocycles. The van der Waals surface area contributed by atoms with Gasteiger partial charge in [-0.3, -0.25) is 4.79 Å². The quantitative estimate of drug-likeness (QED) is 0.488. The van der Waals surface area contributed by atoms with Crippen molar-refractivity contribution in [2.24, 2.45) is 0 Å². The first-order valence-corrected chi connectivity index (χ1v) is 11.8. The van der Waals surface area contributed by atoms with Crippen LogP contribution in [0.2, 0.25) is 10.0 Å². The van der Waals surface area contributed by atoms with Crippen LogP contribution in [0.15, 0.2) is 59.5 Å². The molecule has 1 aliphatic heterocycles. The van der Waals surface area contributed by atoms with Crippen LogP contribution in [0.25, 0.3) is 0 Å². The van der Waals surface area contributed by atoms with E-state index in [-0.39, 0.29) is 40.3 Å². The van der Waals surface area contributed by atoms with Gasteiger partial charge in [-0.2, -0.15) is 0 Å². The highest BCUT2D eigenvalue weighted by Crippen LogP contribution is 2.33. The average molecular weight is 509 g/mol. The average Bonchev–Trinajstić information content (AvgIpc) is 3.25. The SMILES string of the molecule is COc1ccc(S(=O)(=O)NCc2ccc3c(c2)OCO3)cc1NC(=O)c1ccc(Cl)cc1Cl. The number of hydrogen-bond donors (Lipinski definition) is 2. The molecule has 33 heavy (non-hydrogen) atoms. The van der Waals surface area contributed by atoms with Gasteiger partial charge in [-0.15, -0.1) is 0 Å². The highest BCUT2D eigenvalue weighted by Gasteiger charge is 2.20. The third-order valence-corrected chi connectivity index (χ3v) is 6.76. The van der Waals surface area contributed by atoms with Crippen molar-refractivity contribution in [3.63, 3.8) is 0 Å². The Bertz CT molecular complexity index is 1330. The Balaban J connectivity index is 1.54. The fourth-order valence-electron chi connectivity index (χ4n) is 3.13. The Hall–Kier alpha value is -2.98. The Morgan fingerprint density at radius 3 is 2.58 bits per heavy atom. The molecule has 1 heterocycles. The highest BCUT2D eigenvalue weighted by molar-refractivity contribution is 7.89. The van der Waals surface area contributed by atoms with Crippen LogP contribution >= 0.6 is 23.2 Å². The monoisotopic (exact) mass is 508 g/mol. The number of anilines is 1. The molecule has 0 spiro atoms. The van der Waals surface area contributed by atoms with Crippen molar-refractivity contribution in [1.82, 2.24) is 4.72 Å². The summed E-state index contributed by atoms with van der Waals surface area (Å²) in [6.45, 7) is 0.166. The zero-order chi connectivity index (χ0) is 23.6. The maximum absolute atomic E-state index is 12.9. The number of carbonyl (C=O) groups excluding carboxylic acids is 1. The summed E-state index contributed by atoms with van der Waals surface area (Å²) >= 11 is 12.0. The van der Waals surface area contributed by atoms with E-state index < -0.39 is 15.9 Å². The second-order valence-electron chi connectivity index (χ2n) is 6.95. The number of sulfonamides is 1. The number of carbonyl (C=O) groups is 1. The molecular formula is C22H18Cl2N2O6S. The second-order valence-corrected chi connectivity index (χ2v) is 9.56. The summed E-state index contributed by atoms with van der Waals surface area (Å²) in [5.74, 6) is 0.904. The fraction of sp³-hybridized carbons (Fsp3) is 0.136. The Kier molecular flexibility index (Phi) is 6.66. The predicted molar refractivity (Wildman–Crippen MR) is 124 cm³/mol. The van der Waals surface area contributed by atoms with Crippen molar-refractivity contribution in [3.8, 4) is 17.2 Å². The lowest BCUT2D eigenvalue weighted by molar-refractivity contribution is 0.102. The topological polar surface area (TPSA) is 103 Å². The van der Waals surface area contributed by atoms with E-state index in [2.05, 4.69) is 10.0 Å². The molecule has 0 unspecified atom stereocenters. The molecule has 172 valence electrons. The molecule has 1 amide bonds. The molecule has 1 aliphatic rings. The van der Waals surface area contributed by atoms with Gasteiger partial charge in [-0.1, -0.05) is 29.3 Å². The van der Waals surface area contributed by atoms with Crippen LogP contribution in [0, 0.1) is 0 Å². The number of amides is 1. The van der Waals surface area contributed by atoms with Crippen LogP contribution in [0.5, 0.6) is 17.2 Å². The number of methoxy groups -OCH3 is 1. The Labute approximate surface area is 200 Å². The molecule has 8 nitrogen and oxygen atoms in total. The number of halogens is 2. The summed E-state index contributed by atoms with van der Waals surface area (Å²) in [6.07, 6.45) is 0. The number of benzene rings is 3. The van der Waals surface area contributed by atoms with Crippen molar-refractivity contribution in [3.05, 3.63) is 75.8 Å². The van der Waals surface area contributed by atoms with Crippen LogP contribution in [-0.4, -0.2) is 28.2 Å². The first kappa shape index (κ1) is 23.2. The van der Waals surface area contributed by atoms with Crippen molar-refractivity contribution in [2.45, 2.75) is 11.4 Å². The maximum atomic E-state index is 12.9. The maximum Gasteiger partial charge on any atom is 0.257 e. The van der Waals surface area contributed by atoms with Gasteiger partial charge in [0.25, 0.3) is 5.91 Å². The molecule has 3 aromatic carbocycles. The largest absolute Gasteiger partial charge is 0.495 e. The molecular weight excluding hydrogens is 491 g/mol. The first-order valence-electron chi connectivity index (χ1n) is 9.59. The van der Waals surface area contributed by atoms with Gasteiger partial charge in [0.1, 0.15) is 5.75 Å². The van der Waals surface area contributed by atoms with Crippen molar-refractivity contribution >= 4 is 44.8 Å². The van der Waals surface area contributed by atoms with E-state index in [0.29, 0.717) is 22.1 Å². The van der Waals surface area contributed by atoms with Crippen LogP contribution in [0.3, 0.4) is 0 Å². The summed E-state index contributed by atoms with van der Waals surface area (Å²) in [6, 6.07) is 13.8. The van der Waals surface area contributed by atoms with Crippen LogP contribution in [-0.2, 0) is 16.6 Å². The van der Waals surface area contributed by atoms with Crippen molar-refractivity contribution in [1.29, 1.82) is 0 Å². The summed E-state index contributed by atoms with van der Waals surface area (Å²) in [5.41, 5.74) is 1.04. The Morgan fingerprint density at radius 1 is 1.03 bits per heavy atom. The molecule has 3 aromatic rings. The number of ether oxygens (including phenoxy) is 3. The van der Waals surface area contributed by atoms with E-state index in [0.717, 1.165) is 0 Å². The van der Waals surface area contributed by atoms with Gasteiger partial charge in [0.15, 0.2) is 11.5 Å². The molecule has 4 rings (SSSR count). The highest BCUT2D eigenvalue weighted by atomic mass is 35.5. The van der Waals surface area contributed by atoms with Crippen LogP contribution < -0.4 is 24.2 Å². The van der Waals surface area contributed by atoms with E-state index >= 15 is 0 Å². The number of nitrogens with one attached hydrogen (secondary N) is 2. The number of rotatable bonds is 7. The van der Waals surface area contributed by atoms with E-state index in [1.165, 1.54) is 43.5 Å². The normalized spacial score (nSPS) is 12.5. The van der Waals surface area contributed by atoms with E-state index in [1.54, 1.807) is 18.2 Å². The lowest BCUT2D eigenvalue weighted by Crippen LogP contribution is -2.23. The molecule has 0 atom stereocenters. The standard InChI is InChI=1S/C22H18Cl2N2O6S/c1-30-19-7-4-15(10-18(19)26-22(27)16-5-3-14(23)9-17(16)24)33(28,29)25-11-13-2-6-20-21(8-13)32-12-31-20/h2-10,25H,11-12H2,1H3,(H,26,27). The van der Waals surface area contributed by atoms with Gasteiger partial charge in [0, 0.05) is 11.6 Å². The third-order valence-electron chi connectivity index (χ3n) is 4.81. The summed E-state index contributed by atoms with van der Waals surface area (Å²) in [7, 11) is -2.50. The molecule has 0 radical (unpaired) electrons. The van der Waals surface area contributed by atoms with E-state index in [4.69, 9.17) is 37.4 Å². The Morgan fingerprint density at radius 2 is 1.82 bits per heavy atom. The van der Waals surface area contributed by atoms with E-state index in [1.807, 2.05) is 0 Å². The molecule has 0 aliphatic carbocycles. The molecule has 11 heteroatoms. The molecule has 0 aromatic heterocycles. The summed E-state index contributed by atoms with van der Waals surface area (Å²) < 4.78 is 44.1. The first-order chi connectivity index (χ1) is 15.8.